The van der Waals surface area contributed by atoms with Crippen molar-refractivity contribution in [3.05, 3.63) is 0 Å². The average molecular weight is 204 g/mol. The van der Waals surface area contributed by atoms with Gasteiger partial charge in [0.15, 0.2) is 0 Å². The molecule has 1 unspecified atom stereocenters. The summed E-state index contributed by atoms with van der Waals surface area (Å²) in [5.41, 5.74) is 0. The summed E-state index contributed by atoms with van der Waals surface area (Å²) in [5.74, 6) is 3.25. The molecule has 0 N–H and O–H groups in total. The standard InChI is InChI=1S/C10H20S2/c1-2-9(7-11)8-12-10-5-3-4-6-10/h9-11H,2-8H2,1H3. The Morgan fingerprint density at radius 2 is 2.08 bits per heavy atom. The van der Waals surface area contributed by atoms with Gasteiger partial charge in [-0.1, -0.05) is 26.2 Å². The molecule has 12 heavy (non-hydrogen) atoms. The van der Waals surface area contributed by atoms with Gasteiger partial charge in [-0.15, -0.1) is 0 Å². The lowest BCUT2D eigenvalue weighted by Crippen LogP contribution is -2.07. The van der Waals surface area contributed by atoms with Crippen molar-refractivity contribution in [2.24, 2.45) is 5.92 Å². The summed E-state index contributed by atoms with van der Waals surface area (Å²) in [7, 11) is 0. The molecule has 1 aliphatic rings. The first-order valence-electron chi connectivity index (χ1n) is 5.09. The summed E-state index contributed by atoms with van der Waals surface area (Å²) in [4.78, 5) is 0. The van der Waals surface area contributed by atoms with E-state index in [-0.39, 0.29) is 0 Å². The molecule has 0 nitrogen and oxygen atoms in total. The van der Waals surface area contributed by atoms with Crippen molar-refractivity contribution in [2.75, 3.05) is 11.5 Å². The highest BCUT2D eigenvalue weighted by Gasteiger charge is 2.16. The lowest BCUT2D eigenvalue weighted by Gasteiger charge is -2.14. The maximum absolute atomic E-state index is 4.36. The third-order valence-electron chi connectivity index (χ3n) is 2.71. The predicted molar refractivity (Wildman–Crippen MR) is 62.3 cm³/mol. The van der Waals surface area contributed by atoms with Crippen molar-refractivity contribution >= 4 is 24.4 Å². The van der Waals surface area contributed by atoms with Gasteiger partial charge in [-0.3, -0.25) is 0 Å². The van der Waals surface area contributed by atoms with Crippen LogP contribution >= 0.6 is 24.4 Å². The lowest BCUT2D eigenvalue weighted by atomic mass is 10.2. The van der Waals surface area contributed by atoms with Gasteiger partial charge in [-0.05, 0) is 30.3 Å². The molecular weight excluding hydrogens is 184 g/mol. The van der Waals surface area contributed by atoms with E-state index in [2.05, 4.69) is 31.3 Å². The molecular formula is C10H20S2. The van der Waals surface area contributed by atoms with E-state index in [4.69, 9.17) is 0 Å². The lowest BCUT2D eigenvalue weighted by molar-refractivity contribution is 0.647. The maximum Gasteiger partial charge on any atom is 0.00471 e. The molecule has 0 aliphatic heterocycles. The first-order valence-corrected chi connectivity index (χ1v) is 6.77. The molecule has 1 fully saturated rings. The van der Waals surface area contributed by atoms with Crippen molar-refractivity contribution in [3.63, 3.8) is 0 Å². The molecule has 0 amide bonds. The van der Waals surface area contributed by atoms with Crippen LogP contribution in [0.5, 0.6) is 0 Å². The second kappa shape index (κ2) is 6.20. The third-order valence-corrected chi connectivity index (χ3v) is 4.83. The van der Waals surface area contributed by atoms with Crippen LogP contribution < -0.4 is 0 Å². The number of thiol groups is 1. The van der Waals surface area contributed by atoms with Gasteiger partial charge in [0.1, 0.15) is 0 Å². The molecule has 0 aromatic carbocycles. The molecule has 0 aromatic heterocycles. The van der Waals surface area contributed by atoms with Gasteiger partial charge in [0.05, 0.1) is 0 Å². The molecule has 72 valence electrons. The molecule has 0 heterocycles. The van der Waals surface area contributed by atoms with E-state index in [0.29, 0.717) is 0 Å². The van der Waals surface area contributed by atoms with E-state index < -0.39 is 0 Å². The summed E-state index contributed by atoms with van der Waals surface area (Å²) in [6, 6.07) is 0. The van der Waals surface area contributed by atoms with Gasteiger partial charge < -0.3 is 0 Å². The van der Waals surface area contributed by atoms with Crippen molar-refractivity contribution in [3.8, 4) is 0 Å². The second-order valence-corrected chi connectivity index (χ2v) is 5.40. The molecule has 2 heteroatoms. The molecule has 1 aliphatic carbocycles. The average Bonchev–Trinajstić information content (AvgIpc) is 2.59. The molecule has 0 radical (unpaired) electrons. The molecule has 1 atom stereocenters. The molecule has 0 saturated heterocycles. The van der Waals surface area contributed by atoms with Crippen LogP contribution in [0.4, 0.5) is 0 Å². The van der Waals surface area contributed by atoms with Gasteiger partial charge in [0.2, 0.25) is 0 Å². The van der Waals surface area contributed by atoms with E-state index in [1.165, 1.54) is 37.9 Å². The van der Waals surface area contributed by atoms with E-state index in [1.807, 2.05) is 0 Å². The Bertz CT molecular complexity index is 102. The van der Waals surface area contributed by atoms with Crippen LogP contribution in [0.2, 0.25) is 0 Å². The molecule has 0 bridgehead atoms. The van der Waals surface area contributed by atoms with Crippen LogP contribution in [-0.4, -0.2) is 16.8 Å². The second-order valence-electron chi connectivity index (χ2n) is 3.70. The Labute approximate surface area is 86.3 Å². The highest BCUT2D eigenvalue weighted by Crippen LogP contribution is 2.31. The minimum absolute atomic E-state index is 0.846. The van der Waals surface area contributed by atoms with Crippen LogP contribution in [0.1, 0.15) is 39.0 Å². The Morgan fingerprint density at radius 1 is 1.42 bits per heavy atom. The summed E-state index contributed by atoms with van der Waals surface area (Å²) >= 11 is 6.55. The van der Waals surface area contributed by atoms with Crippen LogP contribution in [0.3, 0.4) is 0 Å². The van der Waals surface area contributed by atoms with Crippen LogP contribution in [-0.2, 0) is 0 Å². The number of hydrogen-bond acceptors (Lipinski definition) is 2. The molecule has 0 aromatic rings. The third kappa shape index (κ3) is 3.61. The van der Waals surface area contributed by atoms with Gasteiger partial charge in [-0.2, -0.15) is 24.4 Å². The fourth-order valence-corrected chi connectivity index (χ4v) is 3.75. The van der Waals surface area contributed by atoms with Gasteiger partial charge in [0.25, 0.3) is 0 Å². The van der Waals surface area contributed by atoms with Crippen LogP contribution in [0.15, 0.2) is 0 Å². The van der Waals surface area contributed by atoms with Crippen LogP contribution in [0.25, 0.3) is 0 Å². The number of rotatable bonds is 5. The maximum atomic E-state index is 4.36. The Hall–Kier alpha value is 0.700. The van der Waals surface area contributed by atoms with E-state index in [1.54, 1.807) is 0 Å². The SMILES string of the molecule is CCC(CS)CSC1CCCC1. The van der Waals surface area contributed by atoms with Crippen molar-refractivity contribution in [1.29, 1.82) is 0 Å². The molecule has 1 rings (SSSR count). The predicted octanol–water partition coefficient (Wildman–Crippen LogP) is 3.62. The number of thioether (sulfide) groups is 1. The molecule has 1 saturated carbocycles. The van der Waals surface area contributed by atoms with Gasteiger partial charge in [-0.25, -0.2) is 0 Å². The zero-order valence-corrected chi connectivity index (χ0v) is 9.67. The minimum atomic E-state index is 0.846. The summed E-state index contributed by atoms with van der Waals surface area (Å²) in [6.45, 7) is 2.27. The van der Waals surface area contributed by atoms with Crippen molar-refractivity contribution in [1.82, 2.24) is 0 Å². The largest absolute Gasteiger partial charge is 0.179 e. The first kappa shape index (κ1) is 10.8. The Balaban J connectivity index is 2.06. The quantitative estimate of drug-likeness (QED) is 0.667. The highest BCUT2D eigenvalue weighted by atomic mass is 32.2. The molecule has 0 spiro atoms. The summed E-state index contributed by atoms with van der Waals surface area (Å²) < 4.78 is 0. The van der Waals surface area contributed by atoms with Gasteiger partial charge in [0, 0.05) is 5.25 Å². The highest BCUT2D eigenvalue weighted by molar-refractivity contribution is 7.99. The normalized spacial score (nSPS) is 21.5. The minimum Gasteiger partial charge on any atom is -0.179 e. The topological polar surface area (TPSA) is 0 Å². The van der Waals surface area contributed by atoms with Crippen LogP contribution in [0, 0.1) is 5.92 Å². The van der Waals surface area contributed by atoms with E-state index >= 15 is 0 Å². The first-order chi connectivity index (χ1) is 5.86. The monoisotopic (exact) mass is 204 g/mol. The Morgan fingerprint density at radius 3 is 2.58 bits per heavy atom. The number of hydrogen-bond donors (Lipinski definition) is 1. The van der Waals surface area contributed by atoms with E-state index in [0.717, 1.165) is 16.9 Å². The Kier molecular flexibility index (Phi) is 5.57. The fourth-order valence-electron chi connectivity index (χ4n) is 1.63. The zero-order chi connectivity index (χ0) is 8.81. The zero-order valence-electron chi connectivity index (χ0n) is 7.96. The van der Waals surface area contributed by atoms with E-state index in [9.17, 15) is 0 Å². The smallest absolute Gasteiger partial charge is 0.00471 e. The van der Waals surface area contributed by atoms with Crippen molar-refractivity contribution in [2.45, 2.75) is 44.3 Å². The fraction of sp³-hybridized carbons (Fsp3) is 1.00. The summed E-state index contributed by atoms with van der Waals surface area (Å²) in [5, 5.41) is 0.985. The van der Waals surface area contributed by atoms with Gasteiger partial charge >= 0.3 is 0 Å². The summed E-state index contributed by atoms with van der Waals surface area (Å²) in [6.07, 6.45) is 7.16. The van der Waals surface area contributed by atoms with Crippen molar-refractivity contribution < 1.29 is 0 Å².